The van der Waals surface area contributed by atoms with Crippen molar-refractivity contribution < 1.29 is 18.8 Å². The number of amides is 1. The molecule has 1 fully saturated rings. The Kier molecular flexibility index (Phi) is 6.96. The molecular weight excluding hydrogens is 428 g/mol. The predicted octanol–water partition coefficient (Wildman–Crippen LogP) is 4.13. The fraction of sp³-hybridized carbons (Fsp3) is 0.391. The third-order valence-corrected chi connectivity index (χ3v) is 6.31. The smallest absolute Gasteiger partial charge is 0.338 e. The van der Waals surface area contributed by atoms with Crippen LogP contribution in [-0.4, -0.2) is 46.6 Å². The lowest BCUT2D eigenvalue weighted by molar-refractivity contribution is -0.121. The normalized spacial score (nSPS) is 16.6. The van der Waals surface area contributed by atoms with Crippen molar-refractivity contribution in [2.45, 2.75) is 33.2 Å². The Morgan fingerprint density at radius 3 is 2.97 bits per heavy atom. The van der Waals surface area contributed by atoms with Crippen molar-refractivity contribution in [2.24, 2.45) is 5.92 Å². The van der Waals surface area contributed by atoms with Crippen LogP contribution in [0.5, 0.6) is 0 Å². The number of thiophene rings is 1. The van der Waals surface area contributed by atoms with Gasteiger partial charge in [0.2, 0.25) is 17.6 Å². The van der Waals surface area contributed by atoms with Crippen LogP contribution in [0.25, 0.3) is 10.7 Å². The molecule has 1 saturated heterocycles. The van der Waals surface area contributed by atoms with Gasteiger partial charge in [0.25, 0.3) is 0 Å². The van der Waals surface area contributed by atoms with E-state index in [1.807, 2.05) is 24.4 Å². The van der Waals surface area contributed by atoms with Crippen LogP contribution in [0.15, 0.2) is 40.2 Å². The van der Waals surface area contributed by atoms with E-state index in [4.69, 9.17) is 9.26 Å². The van der Waals surface area contributed by atoms with E-state index >= 15 is 0 Å². The minimum atomic E-state index is -0.361. The van der Waals surface area contributed by atoms with Gasteiger partial charge >= 0.3 is 5.97 Å². The molecule has 3 aromatic rings. The molecule has 0 bridgehead atoms. The zero-order valence-electron chi connectivity index (χ0n) is 18.2. The van der Waals surface area contributed by atoms with E-state index in [1.54, 1.807) is 36.5 Å². The molecule has 1 aliphatic heterocycles. The average Bonchev–Trinajstić information content (AvgIpc) is 3.47. The molecule has 4 rings (SSSR count). The molecule has 8 nitrogen and oxygen atoms in total. The SMILES string of the molecule is CCOC(=O)c1ccc(NC(=O)C2CCCN(Cc3nc(-c4cccs4)no3)C2)c(C)c1. The maximum atomic E-state index is 12.9. The van der Waals surface area contributed by atoms with Gasteiger partial charge in [-0.3, -0.25) is 9.69 Å². The minimum Gasteiger partial charge on any atom is -0.462 e. The second-order valence-corrected chi connectivity index (χ2v) is 8.75. The summed E-state index contributed by atoms with van der Waals surface area (Å²) in [7, 11) is 0. The largest absolute Gasteiger partial charge is 0.462 e. The van der Waals surface area contributed by atoms with Crippen LogP contribution in [0.2, 0.25) is 0 Å². The number of hydrogen-bond acceptors (Lipinski definition) is 8. The molecule has 1 aliphatic rings. The summed E-state index contributed by atoms with van der Waals surface area (Å²) >= 11 is 1.57. The van der Waals surface area contributed by atoms with E-state index in [9.17, 15) is 9.59 Å². The summed E-state index contributed by atoms with van der Waals surface area (Å²) in [6.45, 7) is 6.00. The first-order valence-electron chi connectivity index (χ1n) is 10.7. The topological polar surface area (TPSA) is 97.6 Å². The Morgan fingerprint density at radius 1 is 1.34 bits per heavy atom. The number of piperidine rings is 1. The number of nitrogens with one attached hydrogen (secondary N) is 1. The number of benzene rings is 1. The highest BCUT2D eigenvalue weighted by Crippen LogP contribution is 2.24. The van der Waals surface area contributed by atoms with Crippen molar-refractivity contribution in [2.75, 3.05) is 25.0 Å². The first-order valence-corrected chi connectivity index (χ1v) is 11.6. The fourth-order valence-corrected chi connectivity index (χ4v) is 4.46. The zero-order chi connectivity index (χ0) is 22.5. The van der Waals surface area contributed by atoms with Gasteiger partial charge in [-0.25, -0.2) is 4.79 Å². The van der Waals surface area contributed by atoms with Gasteiger partial charge < -0.3 is 14.6 Å². The Balaban J connectivity index is 1.35. The number of nitrogens with zero attached hydrogens (tertiary/aromatic N) is 3. The molecule has 0 spiro atoms. The average molecular weight is 455 g/mol. The standard InChI is InChI=1S/C23H26N4O4S/c1-3-30-23(29)16-8-9-18(15(2)12-16)24-22(28)17-6-4-10-27(13-17)14-20-25-21(26-31-20)19-7-5-11-32-19/h5,7-9,11-12,17H,3-4,6,10,13-14H2,1-2H3,(H,24,28). The van der Waals surface area contributed by atoms with Crippen molar-refractivity contribution in [3.63, 3.8) is 0 Å². The Hall–Kier alpha value is -3.04. The molecule has 0 aliphatic carbocycles. The van der Waals surface area contributed by atoms with Crippen molar-refractivity contribution in [1.29, 1.82) is 0 Å². The molecule has 0 radical (unpaired) electrons. The van der Waals surface area contributed by atoms with Crippen molar-refractivity contribution in [3.05, 3.63) is 52.7 Å². The monoisotopic (exact) mass is 454 g/mol. The number of aromatic nitrogens is 2. The van der Waals surface area contributed by atoms with Gasteiger partial charge in [0.1, 0.15) is 0 Å². The number of esters is 1. The molecular formula is C23H26N4O4S. The first kappa shape index (κ1) is 22.2. The third-order valence-electron chi connectivity index (χ3n) is 5.44. The summed E-state index contributed by atoms with van der Waals surface area (Å²) in [6.07, 6.45) is 1.75. The quantitative estimate of drug-likeness (QED) is 0.536. The molecule has 1 atom stereocenters. The van der Waals surface area contributed by atoms with Crippen LogP contribution >= 0.6 is 11.3 Å². The number of carbonyl (C=O) groups excluding carboxylic acids is 2. The summed E-state index contributed by atoms with van der Waals surface area (Å²) in [5.74, 6) is 0.640. The maximum Gasteiger partial charge on any atom is 0.338 e. The molecule has 1 amide bonds. The molecule has 2 aromatic heterocycles. The highest BCUT2D eigenvalue weighted by Gasteiger charge is 2.27. The van der Waals surface area contributed by atoms with Crippen LogP contribution in [0.3, 0.4) is 0 Å². The van der Waals surface area contributed by atoms with E-state index in [0.717, 1.165) is 29.8 Å². The van der Waals surface area contributed by atoms with Crippen LogP contribution in [-0.2, 0) is 16.1 Å². The lowest BCUT2D eigenvalue weighted by Gasteiger charge is -2.31. The number of aryl methyl sites for hydroxylation is 1. The molecule has 9 heteroatoms. The highest BCUT2D eigenvalue weighted by atomic mass is 32.1. The van der Waals surface area contributed by atoms with E-state index in [2.05, 4.69) is 20.4 Å². The summed E-state index contributed by atoms with van der Waals surface area (Å²) in [4.78, 5) is 32.5. The second kappa shape index (κ2) is 10.1. The maximum absolute atomic E-state index is 12.9. The molecule has 168 valence electrons. The van der Waals surface area contributed by atoms with Gasteiger partial charge in [-0.1, -0.05) is 11.2 Å². The molecule has 3 heterocycles. The van der Waals surface area contributed by atoms with Crippen LogP contribution < -0.4 is 5.32 Å². The van der Waals surface area contributed by atoms with E-state index < -0.39 is 0 Å². The van der Waals surface area contributed by atoms with E-state index in [0.29, 0.717) is 42.7 Å². The predicted molar refractivity (Wildman–Crippen MR) is 121 cm³/mol. The number of anilines is 1. The lowest BCUT2D eigenvalue weighted by Crippen LogP contribution is -2.40. The van der Waals surface area contributed by atoms with Crippen molar-refractivity contribution in [1.82, 2.24) is 15.0 Å². The summed E-state index contributed by atoms with van der Waals surface area (Å²) < 4.78 is 10.4. The molecule has 1 N–H and O–H groups in total. The van der Waals surface area contributed by atoms with Gasteiger partial charge in [-0.15, -0.1) is 11.3 Å². The fourth-order valence-electron chi connectivity index (χ4n) is 3.81. The Morgan fingerprint density at radius 2 is 2.22 bits per heavy atom. The Bertz CT molecular complexity index is 1080. The number of carbonyl (C=O) groups is 2. The van der Waals surface area contributed by atoms with E-state index in [1.165, 1.54) is 0 Å². The number of likely N-dealkylation sites (tertiary alicyclic amines) is 1. The van der Waals surface area contributed by atoms with Crippen LogP contribution in [0.4, 0.5) is 5.69 Å². The van der Waals surface area contributed by atoms with Crippen LogP contribution in [0, 0.1) is 12.8 Å². The summed E-state index contributed by atoms with van der Waals surface area (Å²) in [5, 5.41) is 9.06. The van der Waals surface area contributed by atoms with Gasteiger partial charge in [0, 0.05) is 12.2 Å². The molecule has 0 saturated carbocycles. The zero-order valence-corrected chi connectivity index (χ0v) is 19.0. The lowest BCUT2D eigenvalue weighted by atomic mass is 9.96. The summed E-state index contributed by atoms with van der Waals surface area (Å²) in [5.41, 5.74) is 2.01. The van der Waals surface area contributed by atoms with E-state index in [-0.39, 0.29) is 17.8 Å². The van der Waals surface area contributed by atoms with Crippen molar-refractivity contribution >= 4 is 28.9 Å². The number of rotatable bonds is 7. The second-order valence-electron chi connectivity index (χ2n) is 7.80. The van der Waals surface area contributed by atoms with Crippen LogP contribution in [0.1, 0.15) is 41.6 Å². The summed E-state index contributed by atoms with van der Waals surface area (Å²) in [6, 6.07) is 9.08. The van der Waals surface area contributed by atoms with Gasteiger partial charge in [-0.05, 0) is 68.4 Å². The Labute approximate surface area is 190 Å². The molecule has 1 unspecified atom stereocenters. The number of ether oxygens (including phenoxy) is 1. The van der Waals surface area contributed by atoms with Crippen molar-refractivity contribution in [3.8, 4) is 10.7 Å². The van der Waals surface area contributed by atoms with Gasteiger partial charge in [0.15, 0.2) is 0 Å². The van der Waals surface area contributed by atoms with Gasteiger partial charge in [-0.2, -0.15) is 4.98 Å². The minimum absolute atomic E-state index is 0.0218. The highest BCUT2D eigenvalue weighted by molar-refractivity contribution is 7.13. The first-order chi connectivity index (χ1) is 15.5. The third kappa shape index (κ3) is 5.23. The molecule has 1 aromatic carbocycles. The molecule has 32 heavy (non-hydrogen) atoms. The number of hydrogen-bond donors (Lipinski definition) is 1. The van der Waals surface area contributed by atoms with Gasteiger partial charge in [0.05, 0.1) is 29.5 Å².